The predicted octanol–water partition coefficient (Wildman–Crippen LogP) is 1.35. The van der Waals surface area contributed by atoms with E-state index < -0.39 is 12.1 Å². The lowest BCUT2D eigenvalue weighted by atomic mass is 10.2. The maximum Gasteiger partial charge on any atom is 0.410 e. The normalized spacial score (nSPS) is 9.67. The highest BCUT2D eigenvalue weighted by molar-refractivity contribution is 5.76. The highest BCUT2D eigenvalue weighted by Crippen LogP contribution is 2.12. The van der Waals surface area contributed by atoms with Crippen molar-refractivity contribution in [3.8, 4) is 5.75 Å². The zero-order valence-corrected chi connectivity index (χ0v) is 10.3. The number of methoxy groups -OCH3 is 1. The molecular weight excluding hydrogens is 238 g/mol. The summed E-state index contributed by atoms with van der Waals surface area (Å²) < 4.78 is 9.94. The summed E-state index contributed by atoms with van der Waals surface area (Å²) in [6.07, 6.45) is -0.673. The number of amides is 1. The molecule has 1 amide bonds. The molecule has 0 heterocycles. The number of likely N-dealkylation sites (N-methyl/N-ethyl adjacent to an activating group) is 1. The first kappa shape index (κ1) is 13.8. The molecule has 0 unspecified atom stereocenters. The zero-order chi connectivity index (χ0) is 13.5. The van der Waals surface area contributed by atoms with Gasteiger partial charge in [0, 0.05) is 7.05 Å². The van der Waals surface area contributed by atoms with Crippen molar-refractivity contribution in [1.82, 2.24) is 4.90 Å². The quantitative estimate of drug-likeness (QED) is 0.857. The van der Waals surface area contributed by atoms with E-state index in [1.54, 1.807) is 31.4 Å². The maximum absolute atomic E-state index is 11.4. The van der Waals surface area contributed by atoms with Gasteiger partial charge in [0.05, 0.1) is 7.11 Å². The van der Waals surface area contributed by atoms with Gasteiger partial charge in [-0.1, -0.05) is 12.1 Å². The lowest BCUT2D eigenvalue weighted by molar-refractivity contribution is -0.137. The number of ether oxygens (including phenoxy) is 2. The number of nitrogens with zero attached hydrogens (tertiary/aromatic N) is 1. The maximum atomic E-state index is 11.4. The molecule has 1 N–H and O–H groups in total. The lowest BCUT2D eigenvalue weighted by Crippen LogP contribution is -2.32. The second-order valence-electron chi connectivity index (χ2n) is 3.65. The third-order valence-corrected chi connectivity index (χ3v) is 2.21. The Balaban J connectivity index is 2.44. The van der Waals surface area contributed by atoms with Crippen LogP contribution >= 0.6 is 0 Å². The summed E-state index contributed by atoms with van der Waals surface area (Å²) in [5.74, 6) is -0.369. The molecule has 0 aliphatic heterocycles. The standard InChI is InChI=1S/C12H15NO5/c1-13(7-11(14)15)12(16)18-8-9-3-5-10(17-2)6-4-9/h3-6H,7-8H2,1-2H3,(H,14,15). The van der Waals surface area contributed by atoms with Gasteiger partial charge in [0.25, 0.3) is 0 Å². The smallest absolute Gasteiger partial charge is 0.410 e. The first-order chi connectivity index (χ1) is 8.52. The Morgan fingerprint density at radius 3 is 2.39 bits per heavy atom. The SMILES string of the molecule is COc1ccc(COC(=O)N(C)CC(=O)O)cc1. The monoisotopic (exact) mass is 253 g/mol. The highest BCUT2D eigenvalue weighted by Gasteiger charge is 2.13. The first-order valence-corrected chi connectivity index (χ1v) is 5.25. The van der Waals surface area contributed by atoms with Gasteiger partial charge < -0.3 is 19.5 Å². The Morgan fingerprint density at radius 2 is 1.89 bits per heavy atom. The van der Waals surface area contributed by atoms with Crippen LogP contribution in [0.2, 0.25) is 0 Å². The molecule has 1 aromatic carbocycles. The number of aliphatic carboxylic acids is 1. The summed E-state index contributed by atoms with van der Waals surface area (Å²) in [4.78, 5) is 22.8. The van der Waals surface area contributed by atoms with Crippen LogP contribution in [0.5, 0.6) is 5.75 Å². The molecule has 0 aliphatic carbocycles. The molecule has 1 aromatic rings. The Morgan fingerprint density at radius 1 is 1.28 bits per heavy atom. The molecule has 0 bridgehead atoms. The van der Waals surface area contributed by atoms with Crippen molar-refractivity contribution in [2.24, 2.45) is 0 Å². The summed E-state index contributed by atoms with van der Waals surface area (Å²) in [6.45, 7) is -0.297. The topological polar surface area (TPSA) is 76.1 Å². The van der Waals surface area contributed by atoms with Crippen LogP contribution in [0.1, 0.15) is 5.56 Å². The fourth-order valence-corrected chi connectivity index (χ4v) is 1.24. The third kappa shape index (κ3) is 4.32. The van der Waals surface area contributed by atoms with Crippen molar-refractivity contribution in [3.05, 3.63) is 29.8 Å². The Labute approximate surface area is 105 Å². The first-order valence-electron chi connectivity index (χ1n) is 5.25. The number of hydrogen-bond acceptors (Lipinski definition) is 4. The van der Waals surface area contributed by atoms with Crippen LogP contribution in [-0.4, -0.2) is 42.8 Å². The molecule has 6 nitrogen and oxygen atoms in total. The molecule has 0 aliphatic rings. The van der Waals surface area contributed by atoms with E-state index in [9.17, 15) is 9.59 Å². The van der Waals surface area contributed by atoms with Crippen molar-refractivity contribution in [2.75, 3.05) is 20.7 Å². The van der Waals surface area contributed by atoms with E-state index >= 15 is 0 Å². The van der Waals surface area contributed by atoms with E-state index in [-0.39, 0.29) is 13.2 Å². The van der Waals surface area contributed by atoms with Gasteiger partial charge in [-0.05, 0) is 17.7 Å². The van der Waals surface area contributed by atoms with Gasteiger partial charge in [0.1, 0.15) is 18.9 Å². The molecule has 0 saturated heterocycles. The van der Waals surface area contributed by atoms with Gasteiger partial charge >= 0.3 is 12.1 Å². The number of carboxylic acids is 1. The van der Waals surface area contributed by atoms with Crippen LogP contribution in [-0.2, 0) is 16.1 Å². The van der Waals surface area contributed by atoms with Gasteiger partial charge in [-0.25, -0.2) is 4.79 Å². The number of carboxylic acid groups (broad SMARTS) is 1. The predicted molar refractivity (Wildman–Crippen MR) is 63.4 cm³/mol. The molecule has 0 fully saturated rings. The fraction of sp³-hybridized carbons (Fsp3) is 0.333. The van der Waals surface area contributed by atoms with Crippen LogP contribution in [0.3, 0.4) is 0 Å². The van der Waals surface area contributed by atoms with E-state index in [1.165, 1.54) is 7.05 Å². The summed E-state index contributed by atoms with van der Waals surface area (Å²) in [7, 11) is 2.93. The van der Waals surface area contributed by atoms with Gasteiger partial charge in [0.2, 0.25) is 0 Å². The van der Waals surface area contributed by atoms with Gasteiger partial charge in [-0.15, -0.1) is 0 Å². The number of rotatable bonds is 5. The number of hydrogen-bond donors (Lipinski definition) is 1. The summed E-state index contributed by atoms with van der Waals surface area (Å²) in [5, 5.41) is 8.51. The van der Waals surface area contributed by atoms with E-state index in [1.807, 2.05) is 0 Å². The molecule has 1 rings (SSSR count). The lowest BCUT2D eigenvalue weighted by Gasteiger charge is -2.14. The van der Waals surface area contributed by atoms with E-state index in [0.29, 0.717) is 5.75 Å². The Bertz CT molecular complexity index is 415. The van der Waals surface area contributed by atoms with Gasteiger partial charge in [-0.2, -0.15) is 0 Å². The largest absolute Gasteiger partial charge is 0.497 e. The van der Waals surface area contributed by atoms with Crippen molar-refractivity contribution < 1.29 is 24.2 Å². The average Bonchev–Trinajstić information content (AvgIpc) is 2.35. The Hall–Kier alpha value is -2.24. The summed E-state index contributed by atoms with van der Waals surface area (Å²) in [6, 6.07) is 7.04. The van der Waals surface area contributed by atoms with Crippen LogP contribution in [0.15, 0.2) is 24.3 Å². The molecule has 18 heavy (non-hydrogen) atoms. The van der Waals surface area contributed by atoms with Crippen molar-refractivity contribution in [1.29, 1.82) is 0 Å². The number of carbonyl (C=O) groups excluding carboxylic acids is 1. The van der Waals surface area contributed by atoms with Gasteiger partial charge in [0.15, 0.2) is 0 Å². The number of carbonyl (C=O) groups is 2. The van der Waals surface area contributed by atoms with Crippen LogP contribution in [0.25, 0.3) is 0 Å². The minimum atomic E-state index is -1.08. The minimum Gasteiger partial charge on any atom is -0.497 e. The summed E-state index contributed by atoms with van der Waals surface area (Å²) in [5.41, 5.74) is 0.799. The second-order valence-corrected chi connectivity index (χ2v) is 3.65. The molecule has 0 saturated carbocycles. The van der Waals surface area contributed by atoms with Crippen molar-refractivity contribution in [2.45, 2.75) is 6.61 Å². The second kappa shape index (κ2) is 6.48. The third-order valence-electron chi connectivity index (χ3n) is 2.21. The average molecular weight is 253 g/mol. The molecule has 0 spiro atoms. The molecule has 0 atom stereocenters. The van der Waals surface area contributed by atoms with E-state index in [4.69, 9.17) is 14.6 Å². The highest BCUT2D eigenvalue weighted by atomic mass is 16.6. The van der Waals surface area contributed by atoms with E-state index in [0.717, 1.165) is 10.5 Å². The van der Waals surface area contributed by atoms with Gasteiger partial charge in [-0.3, -0.25) is 4.79 Å². The zero-order valence-electron chi connectivity index (χ0n) is 10.3. The van der Waals surface area contributed by atoms with Crippen LogP contribution < -0.4 is 4.74 Å². The fourth-order valence-electron chi connectivity index (χ4n) is 1.24. The number of benzene rings is 1. The van der Waals surface area contributed by atoms with Crippen LogP contribution in [0.4, 0.5) is 4.79 Å². The minimum absolute atomic E-state index is 0.0901. The van der Waals surface area contributed by atoms with Crippen molar-refractivity contribution in [3.63, 3.8) is 0 Å². The Kier molecular flexibility index (Phi) is 4.98. The summed E-state index contributed by atoms with van der Waals surface area (Å²) >= 11 is 0. The molecule has 0 aromatic heterocycles. The molecular formula is C12H15NO5. The van der Waals surface area contributed by atoms with E-state index in [2.05, 4.69) is 0 Å². The molecule has 6 heteroatoms. The molecule has 0 radical (unpaired) electrons. The van der Waals surface area contributed by atoms with Crippen molar-refractivity contribution >= 4 is 12.1 Å². The van der Waals surface area contributed by atoms with Crippen LogP contribution in [0, 0.1) is 0 Å². The molecule has 98 valence electrons.